The number of carbonyl (C=O) groups is 1. The third-order valence-corrected chi connectivity index (χ3v) is 4.48. The first-order valence-electron chi connectivity index (χ1n) is 5.92. The fourth-order valence-electron chi connectivity index (χ4n) is 1.94. The Hall–Kier alpha value is -1.14. The first kappa shape index (κ1) is 14.3. The molecule has 0 bridgehead atoms. The largest absolute Gasteiger partial charge is 0.376 e. The van der Waals surface area contributed by atoms with Gasteiger partial charge in [0.05, 0.1) is 5.60 Å². The van der Waals surface area contributed by atoms with Crippen molar-refractivity contribution in [3.63, 3.8) is 0 Å². The van der Waals surface area contributed by atoms with Gasteiger partial charge in [-0.1, -0.05) is 0 Å². The van der Waals surface area contributed by atoms with Crippen molar-refractivity contribution in [3.8, 4) is 0 Å². The first-order valence-corrected chi connectivity index (χ1v) is 7.08. The third-order valence-electron chi connectivity index (χ3n) is 3.25. The van der Waals surface area contributed by atoms with Crippen LogP contribution >= 0.6 is 11.8 Å². The minimum Gasteiger partial charge on any atom is -0.376 e. The number of hydrogen-bond donors (Lipinski definition) is 1. The van der Waals surface area contributed by atoms with Gasteiger partial charge < -0.3 is 10.1 Å². The summed E-state index contributed by atoms with van der Waals surface area (Å²) >= 11 is 1.77. The Morgan fingerprint density at radius 1 is 1.47 bits per heavy atom. The Bertz CT molecular complexity index is 476. The Balaban J connectivity index is 1.99. The summed E-state index contributed by atoms with van der Waals surface area (Å²) in [5, 5.41) is 2.71. The minimum atomic E-state index is -1.02. The highest BCUT2D eigenvalue weighted by atomic mass is 32.2. The Morgan fingerprint density at radius 3 is 2.84 bits per heavy atom. The molecule has 0 aromatic heterocycles. The SMILES string of the molecule is CO[C@@]1(CNC(=O)c2ccc(F)c(F)c2)CCSC1. The molecule has 1 saturated heterocycles. The molecule has 104 valence electrons. The fourth-order valence-corrected chi connectivity index (χ4v) is 3.34. The summed E-state index contributed by atoms with van der Waals surface area (Å²) < 4.78 is 31.3. The van der Waals surface area contributed by atoms with Crippen LogP contribution in [0.5, 0.6) is 0 Å². The summed E-state index contributed by atoms with van der Waals surface area (Å²) in [6.07, 6.45) is 0.867. The molecule has 1 amide bonds. The van der Waals surface area contributed by atoms with Crippen LogP contribution in [0.25, 0.3) is 0 Å². The van der Waals surface area contributed by atoms with Crippen molar-refractivity contribution in [2.75, 3.05) is 25.2 Å². The number of methoxy groups -OCH3 is 1. The van der Waals surface area contributed by atoms with E-state index >= 15 is 0 Å². The second-order valence-corrected chi connectivity index (χ2v) is 5.61. The topological polar surface area (TPSA) is 38.3 Å². The molecular weight excluding hydrogens is 272 g/mol. The monoisotopic (exact) mass is 287 g/mol. The molecule has 2 rings (SSSR count). The molecule has 1 aromatic carbocycles. The number of benzene rings is 1. The second kappa shape index (κ2) is 5.88. The Kier molecular flexibility index (Phi) is 4.42. The molecule has 1 heterocycles. The van der Waals surface area contributed by atoms with E-state index in [2.05, 4.69) is 5.32 Å². The lowest BCUT2D eigenvalue weighted by atomic mass is 10.0. The molecule has 0 saturated carbocycles. The zero-order chi connectivity index (χ0) is 13.9. The molecule has 1 fully saturated rings. The first-order chi connectivity index (χ1) is 9.06. The van der Waals surface area contributed by atoms with Crippen LogP contribution in [0.4, 0.5) is 8.78 Å². The zero-order valence-electron chi connectivity index (χ0n) is 10.5. The Labute approximate surface area is 114 Å². The summed E-state index contributed by atoms with van der Waals surface area (Å²) in [7, 11) is 1.62. The van der Waals surface area contributed by atoms with Gasteiger partial charge in [-0.2, -0.15) is 11.8 Å². The molecule has 6 heteroatoms. The third kappa shape index (κ3) is 3.25. The smallest absolute Gasteiger partial charge is 0.251 e. The molecule has 1 N–H and O–H groups in total. The van der Waals surface area contributed by atoms with E-state index in [-0.39, 0.29) is 11.2 Å². The molecule has 3 nitrogen and oxygen atoms in total. The molecule has 1 aromatic rings. The summed E-state index contributed by atoms with van der Waals surface area (Å²) in [5.41, 5.74) is -0.241. The molecule has 0 spiro atoms. The van der Waals surface area contributed by atoms with Gasteiger partial charge in [0.2, 0.25) is 0 Å². The molecule has 19 heavy (non-hydrogen) atoms. The van der Waals surface area contributed by atoms with E-state index in [0.717, 1.165) is 30.1 Å². The van der Waals surface area contributed by atoms with Gasteiger partial charge >= 0.3 is 0 Å². The molecule has 0 aliphatic carbocycles. The van der Waals surface area contributed by atoms with Gasteiger partial charge in [-0.25, -0.2) is 8.78 Å². The van der Waals surface area contributed by atoms with Crippen molar-refractivity contribution in [2.24, 2.45) is 0 Å². The van der Waals surface area contributed by atoms with Gasteiger partial charge in [-0.15, -0.1) is 0 Å². The number of carbonyl (C=O) groups excluding carboxylic acids is 1. The lowest BCUT2D eigenvalue weighted by molar-refractivity contribution is 0.0137. The van der Waals surface area contributed by atoms with E-state index in [1.165, 1.54) is 6.07 Å². The normalized spacial score (nSPS) is 22.5. The van der Waals surface area contributed by atoms with Crippen LogP contribution in [0.15, 0.2) is 18.2 Å². The fraction of sp³-hybridized carbons (Fsp3) is 0.462. The highest BCUT2D eigenvalue weighted by molar-refractivity contribution is 7.99. The predicted molar refractivity (Wildman–Crippen MR) is 70.4 cm³/mol. The second-order valence-electron chi connectivity index (χ2n) is 4.50. The summed E-state index contributed by atoms with van der Waals surface area (Å²) in [6, 6.07) is 3.10. The number of ether oxygens (including phenoxy) is 1. The molecule has 1 aliphatic rings. The van der Waals surface area contributed by atoms with Crippen molar-refractivity contribution in [2.45, 2.75) is 12.0 Å². The average molecular weight is 287 g/mol. The van der Waals surface area contributed by atoms with E-state index in [0.29, 0.717) is 6.54 Å². The highest BCUT2D eigenvalue weighted by Crippen LogP contribution is 2.30. The van der Waals surface area contributed by atoms with Gasteiger partial charge in [0.15, 0.2) is 11.6 Å². The average Bonchev–Trinajstić information content (AvgIpc) is 2.89. The summed E-state index contributed by atoms with van der Waals surface area (Å²) in [6.45, 7) is 0.369. The van der Waals surface area contributed by atoms with Crippen molar-refractivity contribution < 1.29 is 18.3 Å². The van der Waals surface area contributed by atoms with Crippen LogP contribution in [0.1, 0.15) is 16.8 Å². The van der Waals surface area contributed by atoms with Gasteiger partial charge in [0.25, 0.3) is 5.91 Å². The number of nitrogens with one attached hydrogen (secondary N) is 1. The molecule has 0 radical (unpaired) electrons. The van der Waals surface area contributed by atoms with Crippen molar-refractivity contribution in [1.29, 1.82) is 0 Å². The predicted octanol–water partition coefficient (Wildman–Crippen LogP) is 2.22. The van der Waals surface area contributed by atoms with Crippen LogP contribution in [0.2, 0.25) is 0 Å². The highest BCUT2D eigenvalue weighted by Gasteiger charge is 2.34. The molecule has 1 atom stereocenters. The van der Waals surface area contributed by atoms with Crippen LogP contribution in [-0.4, -0.2) is 36.7 Å². The number of thioether (sulfide) groups is 1. The maximum atomic E-state index is 13.0. The van der Waals surface area contributed by atoms with E-state index < -0.39 is 17.5 Å². The van der Waals surface area contributed by atoms with Crippen LogP contribution in [-0.2, 0) is 4.74 Å². The van der Waals surface area contributed by atoms with Crippen LogP contribution < -0.4 is 5.32 Å². The van der Waals surface area contributed by atoms with Crippen LogP contribution in [0, 0.1) is 11.6 Å². The summed E-state index contributed by atoms with van der Waals surface area (Å²) in [5.74, 6) is -0.592. The van der Waals surface area contributed by atoms with Crippen LogP contribution in [0.3, 0.4) is 0 Å². The minimum absolute atomic E-state index is 0.107. The molecule has 0 unspecified atom stereocenters. The van der Waals surface area contributed by atoms with E-state index in [1.54, 1.807) is 18.9 Å². The maximum Gasteiger partial charge on any atom is 0.251 e. The number of amides is 1. The van der Waals surface area contributed by atoms with Crippen molar-refractivity contribution in [3.05, 3.63) is 35.4 Å². The molecule has 1 aliphatic heterocycles. The number of rotatable bonds is 4. The van der Waals surface area contributed by atoms with E-state index in [9.17, 15) is 13.6 Å². The lowest BCUT2D eigenvalue weighted by Crippen LogP contribution is -2.44. The number of halogens is 2. The Morgan fingerprint density at radius 2 is 2.26 bits per heavy atom. The van der Waals surface area contributed by atoms with Gasteiger partial charge in [-0.05, 0) is 30.4 Å². The van der Waals surface area contributed by atoms with Gasteiger partial charge in [-0.3, -0.25) is 4.79 Å². The van der Waals surface area contributed by atoms with E-state index in [1.807, 2.05) is 0 Å². The quantitative estimate of drug-likeness (QED) is 0.923. The maximum absolute atomic E-state index is 13.0. The standard InChI is InChI=1S/C13H15F2NO2S/c1-18-13(4-5-19-8-13)7-16-12(17)9-2-3-10(14)11(15)6-9/h2-3,6H,4-5,7-8H2,1H3,(H,16,17)/t13-/m1/s1. The van der Waals surface area contributed by atoms with E-state index in [4.69, 9.17) is 4.74 Å². The van der Waals surface area contributed by atoms with Gasteiger partial charge in [0, 0.05) is 25.0 Å². The lowest BCUT2D eigenvalue weighted by Gasteiger charge is -2.26. The summed E-state index contributed by atoms with van der Waals surface area (Å²) in [4.78, 5) is 11.9. The zero-order valence-corrected chi connectivity index (χ0v) is 11.4. The van der Waals surface area contributed by atoms with Gasteiger partial charge in [0.1, 0.15) is 0 Å². The molecular formula is C13H15F2NO2S. The number of hydrogen-bond acceptors (Lipinski definition) is 3. The van der Waals surface area contributed by atoms with Crippen molar-refractivity contribution >= 4 is 17.7 Å². The van der Waals surface area contributed by atoms with Crippen molar-refractivity contribution in [1.82, 2.24) is 5.32 Å².